The lowest BCUT2D eigenvalue weighted by Crippen LogP contribution is -1.93. The molecule has 0 bridgehead atoms. The minimum Gasteiger partial charge on any atom is -0.449 e. The van der Waals surface area contributed by atoms with Crippen LogP contribution in [0.2, 0.25) is 10.0 Å². The van der Waals surface area contributed by atoms with Crippen LogP contribution in [0.5, 0.6) is 0 Å². The zero-order chi connectivity index (χ0) is 16.4. The first-order valence-corrected chi connectivity index (χ1v) is 8.05. The summed E-state index contributed by atoms with van der Waals surface area (Å²) in [5.74, 6) is 0. The molecule has 0 aliphatic carbocycles. The molecular formula is C19H8Cl2O3. The van der Waals surface area contributed by atoms with Crippen LogP contribution in [0.4, 0.5) is 0 Å². The van der Waals surface area contributed by atoms with E-state index in [1.165, 1.54) is 0 Å². The predicted octanol–water partition coefficient (Wildman–Crippen LogP) is 6.15. The minimum atomic E-state index is -0.00747. The standard InChI is InChI=1S/C19H8Cl2O3/c20-12-7-15-16(8-13(12)21)24-19-14(23-15)6-5-11-17(19)9-3-1-2-4-10(9)18(11)22/h1-8H. The molecule has 1 heterocycles. The molecule has 0 saturated carbocycles. The van der Waals surface area contributed by atoms with Gasteiger partial charge in [-0.15, -0.1) is 0 Å². The number of benzene rings is 3. The van der Waals surface area contributed by atoms with E-state index >= 15 is 0 Å². The molecule has 5 rings (SSSR count). The summed E-state index contributed by atoms with van der Waals surface area (Å²) in [5.41, 5.74) is 2.03. The van der Waals surface area contributed by atoms with Crippen molar-refractivity contribution >= 4 is 67.1 Å². The Hall–Kier alpha value is -2.49. The lowest BCUT2D eigenvalue weighted by Gasteiger charge is -2.04. The van der Waals surface area contributed by atoms with Crippen LogP contribution in [0.25, 0.3) is 43.9 Å². The van der Waals surface area contributed by atoms with Crippen LogP contribution < -0.4 is 5.43 Å². The Morgan fingerprint density at radius 2 is 1.38 bits per heavy atom. The van der Waals surface area contributed by atoms with Gasteiger partial charge in [-0.2, -0.15) is 0 Å². The minimum absolute atomic E-state index is 0.00747. The van der Waals surface area contributed by atoms with Gasteiger partial charge in [0, 0.05) is 28.3 Å². The predicted molar refractivity (Wildman–Crippen MR) is 97.3 cm³/mol. The number of halogens is 2. The zero-order valence-corrected chi connectivity index (χ0v) is 13.6. The third kappa shape index (κ3) is 1.77. The molecule has 24 heavy (non-hydrogen) atoms. The van der Waals surface area contributed by atoms with Gasteiger partial charge < -0.3 is 8.83 Å². The second-order valence-electron chi connectivity index (χ2n) is 5.61. The fourth-order valence-corrected chi connectivity index (χ4v) is 3.45. The van der Waals surface area contributed by atoms with Crippen molar-refractivity contribution in [3.63, 3.8) is 0 Å². The van der Waals surface area contributed by atoms with Gasteiger partial charge in [-0.1, -0.05) is 47.5 Å². The van der Waals surface area contributed by atoms with Crippen molar-refractivity contribution < 1.29 is 8.83 Å². The molecule has 0 N–H and O–H groups in total. The third-order valence-corrected chi connectivity index (χ3v) is 4.95. The first-order valence-electron chi connectivity index (χ1n) is 7.29. The van der Waals surface area contributed by atoms with Gasteiger partial charge in [0.05, 0.1) is 10.0 Å². The smallest absolute Gasteiger partial charge is 0.194 e. The Kier molecular flexibility index (Phi) is 2.76. The monoisotopic (exact) mass is 354 g/mol. The summed E-state index contributed by atoms with van der Waals surface area (Å²) < 4.78 is 12.0. The first kappa shape index (κ1) is 13.9. The highest BCUT2D eigenvalue weighted by atomic mass is 35.5. The normalized spacial score (nSPS) is 11.9. The lowest BCUT2D eigenvalue weighted by molar-refractivity contribution is 0.584. The molecule has 4 aromatic carbocycles. The molecule has 116 valence electrons. The van der Waals surface area contributed by atoms with E-state index in [2.05, 4.69) is 0 Å². The molecule has 0 spiro atoms. The summed E-state index contributed by atoms with van der Waals surface area (Å²) in [5, 5.41) is 3.66. The molecule has 0 aliphatic heterocycles. The van der Waals surface area contributed by atoms with Crippen LogP contribution in [0, 0.1) is 0 Å². The van der Waals surface area contributed by atoms with E-state index in [0.717, 1.165) is 10.8 Å². The van der Waals surface area contributed by atoms with E-state index in [9.17, 15) is 4.79 Å². The molecule has 5 heteroatoms. The Balaban J connectivity index is 2.07. The molecule has 0 amide bonds. The molecule has 0 aliphatic rings. The summed E-state index contributed by atoms with van der Waals surface area (Å²) >= 11 is 12.1. The molecule has 3 nitrogen and oxygen atoms in total. The average Bonchev–Trinajstić information content (AvgIpc) is 2.88. The van der Waals surface area contributed by atoms with Crippen molar-refractivity contribution in [2.75, 3.05) is 0 Å². The van der Waals surface area contributed by atoms with E-state index in [0.29, 0.717) is 43.1 Å². The van der Waals surface area contributed by atoms with Crippen molar-refractivity contribution in [3.8, 4) is 0 Å². The highest BCUT2D eigenvalue weighted by molar-refractivity contribution is 6.42. The Morgan fingerprint density at radius 3 is 2.12 bits per heavy atom. The second-order valence-corrected chi connectivity index (χ2v) is 6.42. The molecule has 0 fully saturated rings. The van der Waals surface area contributed by atoms with Gasteiger partial charge in [0.25, 0.3) is 0 Å². The van der Waals surface area contributed by atoms with E-state index in [1.807, 2.05) is 24.3 Å². The number of hydrogen-bond acceptors (Lipinski definition) is 3. The largest absolute Gasteiger partial charge is 0.449 e. The zero-order valence-electron chi connectivity index (χ0n) is 12.1. The Morgan fingerprint density at radius 1 is 0.708 bits per heavy atom. The Labute approximate surface area is 145 Å². The van der Waals surface area contributed by atoms with Gasteiger partial charge in [-0.25, -0.2) is 0 Å². The van der Waals surface area contributed by atoms with E-state index in [1.54, 1.807) is 24.3 Å². The fourth-order valence-electron chi connectivity index (χ4n) is 3.14. The lowest BCUT2D eigenvalue weighted by atomic mass is 10.1. The first-order chi connectivity index (χ1) is 11.6. The van der Waals surface area contributed by atoms with Crippen molar-refractivity contribution in [2.24, 2.45) is 0 Å². The quantitative estimate of drug-likeness (QED) is 0.313. The summed E-state index contributed by atoms with van der Waals surface area (Å²) in [6.07, 6.45) is 0. The average molecular weight is 355 g/mol. The maximum absolute atomic E-state index is 12.6. The number of hydrogen-bond donors (Lipinski definition) is 0. The second kappa shape index (κ2) is 4.76. The van der Waals surface area contributed by atoms with Gasteiger partial charge >= 0.3 is 0 Å². The number of fused-ring (bicyclic) bond motifs is 6. The van der Waals surface area contributed by atoms with Crippen molar-refractivity contribution in [2.45, 2.75) is 0 Å². The molecular weight excluding hydrogens is 347 g/mol. The number of rotatable bonds is 0. The summed E-state index contributed by atoms with van der Waals surface area (Å²) in [6.45, 7) is 0. The summed E-state index contributed by atoms with van der Waals surface area (Å²) in [6, 6.07) is 14.2. The highest BCUT2D eigenvalue weighted by Gasteiger charge is 2.16. The molecule has 5 aromatic rings. The van der Waals surface area contributed by atoms with Gasteiger partial charge in [-0.3, -0.25) is 4.79 Å². The van der Waals surface area contributed by atoms with Crippen LogP contribution in [0.3, 0.4) is 0 Å². The van der Waals surface area contributed by atoms with Gasteiger partial charge in [-0.05, 0) is 17.5 Å². The third-order valence-electron chi connectivity index (χ3n) is 4.23. The molecule has 0 unspecified atom stereocenters. The van der Waals surface area contributed by atoms with E-state index < -0.39 is 0 Å². The summed E-state index contributed by atoms with van der Waals surface area (Å²) in [7, 11) is 0. The van der Waals surface area contributed by atoms with Crippen molar-refractivity contribution in [3.05, 3.63) is 68.8 Å². The van der Waals surface area contributed by atoms with E-state index in [4.69, 9.17) is 32.0 Å². The SMILES string of the molecule is O=c1c2ccccc2c2c1ccc1oc3cc(Cl)c(Cl)cc3oc12. The van der Waals surface area contributed by atoms with Crippen LogP contribution in [0.15, 0.2) is 62.2 Å². The van der Waals surface area contributed by atoms with Crippen molar-refractivity contribution in [1.82, 2.24) is 0 Å². The van der Waals surface area contributed by atoms with Crippen LogP contribution >= 0.6 is 23.2 Å². The molecule has 1 aromatic heterocycles. The van der Waals surface area contributed by atoms with Crippen LogP contribution in [-0.4, -0.2) is 0 Å². The van der Waals surface area contributed by atoms with Crippen molar-refractivity contribution in [1.29, 1.82) is 0 Å². The van der Waals surface area contributed by atoms with Crippen LogP contribution in [-0.2, 0) is 0 Å². The van der Waals surface area contributed by atoms with Crippen LogP contribution in [0.1, 0.15) is 0 Å². The Bertz CT molecular complexity index is 1350. The van der Waals surface area contributed by atoms with Gasteiger partial charge in [0.1, 0.15) is 0 Å². The maximum atomic E-state index is 12.6. The summed E-state index contributed by atoms with van der Waals surface area (Å²) in [4.78, 5) is 12.6. The highest BCUT2D eigenvalue weighted by Crippen LogP contribution is 2.35. The topological polar surface area (TPSA) is 43.4 Å². The van der Waals surface area contributed by atoms with Gasteiger partial charge in [0.15, 0.2) is 27.8 Å². The van der Waals surface area contributed by atoms with E-state index in [-0.39, 0.29) is 5.43 Å². The maximum Gasteiger partial charge on any atom is 0.194 e. The molecule has 0 atom stereocenters. The molecule has 0 saturated heterocycles. The van der Waals surface area contributed by atoms with Gasteiger partial charge in [0.2, 0.25) is 0 Å². The fraction of sp³-hybridized carbons (Fsp3) is 0. The molecule has 0 radical (unpaired) electrons.